The van der Waals surface area contributed by atoms with Crippen LogP contribution in [0.5, 0.6) is 5.75 Å². The Labute approximate surface area is 119 Å². The van der Waals surface area contributed by atoms with Gasteiger partial charge in [0.05, 0.1) is 18.9 Å². The molecule has 1 aromatic heterocycles. The quantitative estimate of drug-likeness (QED) is 0.693. The summed E-state index contributed by atoms with van der Waals surface area (Å²) in [6.45, 7) is 0. The van der Waals surface area contributed by atoms with Crippen LogP contribution in [0.25, 0.3) is 0 Å². The van der Waals surface area contributed by atoms with Gasteiger partial charge in [-0.05, 0) is 24.3 Å². The fourth-order valence-electron chi connectivity index (χ4n) is 1.57. The van der Waals surface area contributed by atoms with Gasteiger partial charge in [-0.25, -0.2) is 4.98 Å². The number of hydrogen-bond acceptors (Lipinski definition) is 4. The topological polar surface area (TPSA) is 46.5 Å². The van der Waals surface area contributed by atoms with Gasteiger partial charge in [0.15, 0.2) is 0 Å². The molecule has 2 rings (SSSR count). The summed E-state index contributed by atoms with van der Waals surface area (Å²) in [6, 6.07) is 9.36. The molecule has 4 nitrogen and oxygen atoms in total. The Morgan fingerprint density at radius 1 is 1.19 bits per heavy atom. The van der Waals surface area contributed by atoms with Crippen LogP contribution in [0, 0.1) is 0 Å². The highest BCUT2D eigenvalue weighted by atomic mass is 19.4. The first kappa shape index (κ1) is 14.8. The van der Waals surface area contributed by atoms with E-state index in [0.29, 0.717) is 5.75 Å². The molecule has 1 N–H and O–H groups in total. The number of nitrogens with one attached hydrogen (secondary N) is 1. The molecule has 0 bridgehead atoms. The molecule has 0 radical (unpaired) electrons. The molecular formula is C14H12F3N3O. The van der Waals surface area contributed by atoms with E-state index in [1.165, 1.54) is 19.4 Å². The number of nitrogens with zero attached hydrogens (tertiary/aromatic N) is 2. The molecule has 0 fully saturated rings. The van der Waals surface area contributed by atoms with Crippen LogP contribution in [0.15, 0.2) is 47.7 Å². The number of anilines is 1. The van der Waals surface area contributed by atoms with Gasteiger partial charge in [-0.2, -0.15) is 18.3 Å². The van der Waals surface area contributed by atoms with Crippen molar-refractivity contribution in [3.8, 4) is 5.75 Å². The predicted molar refractivity (Wildman–Crippen MR) is 73.4 cm³/mol. The van der Waals surface area contributed by atoms with Crippen LogP contribution in [-0.2, 0) is 6.18 Å². The molecule has 110 valence electrons. The molecule has 1 aromatic carbocycles. The maximum Gasteiger partial charge on any atom is 0.417 e. The highest BCUT2D eigenvalue weighted by molar-refractivity contribution is 5.83. The monoisotopic (exact) mass is 295 g/mol. The van der Waals surface area contributed by atoms with Crippen molar-refractivity contribution in [2.45, 2.75) is 6.18 Å². The molecule has 1 heterocycles. The number of ether oxygens (including phenoxy) is 1. The number of halogens is 3. The van der Waals surface area contributed by atoms with Gasteiger partial charge in [0, 0.05) is 11.8 Å². The van der Waals surface area contributed by atoms with Crippen LogP contribution >= 0.6 is 0 Å². The van der Waals surface area contributed by atoms with E-state index in [1.54, 1.807) is 12.1 Å². The standard InChI is InChI=1S/C14H12F3N3O/c1-21-12-5-3-2-4-10(12)8-19-20-13-7-6-11(9-18-13)14(15,16)17/h2-9H,1H3,(H,18,20). The minimum absolute atomic E-state index is 0.217. The second kappa shape index (κ2) is 6.25. The largest absolute Gasteiger partial charge is 0.496 e. The molecule has 0 amide bonds. The number of pyridine rings is 1. The van der Waals surface area contributed by atoms with Crippen LogP contribution in [0.4, 0.5) is 19.0 Å². The lowest BCUT2D eigenvalue weighted by Crippen LogP contribution is -2.05. The number of alkyl halides is 3. The van der Waals surface area contributed by atoms with Crippen LogP contribution < -0.4 is 10.2 Å². The van der Waals surface area contributed by atoms with Crippen molar-refractivity contribution < 1.29 is 17.9 Å². The minimum Gasteiger partial charge on any atom is -0.496 e. The van der Waals surface area contributed by atoms with Gasteiger partial charge in [-0.1, -0.05) is 12.1 Å². The second-order valence-electron chi connectivity index (χ2n) is 4.04. The third-order valence-corrected chi connectivity index (χ3v) is 2.61. The normalized spacial score (nSPS) is 11.6. The number of hydrazone groups is 1. The molecular weight excluding hydrogens is 283 g/mol. The summed E-state index contributed by atoms with van der Waals surface area (Å²) < 4.78 is 42.3. The number of para-hydroxylation sites is 1. The number of hydrogen-bond donors (Lipinski definition) is 1. The zero-order chi connectivity index (χ0) is 15.3. The Hall–Kier alpha value is -2.57. The lowest BCUT2D eigenvalue weighted by molar-refractivity contribution is -0.137. The summed E-state index contributed by atoms with van der Waals surface area (Å²) in [4.78, 5) is 3.64. The lowest BCUT2D eigenvalue weighted by atomic mass is 10.2. The highest BCUT2D eigenvalue weighted by Crippen LogP contribution is 2.28. The van der Waals surface area contributed by atoms with Gasteiger partial charge in [-0.15, -0.1) is 0 Å². The molecule has 7 heteroatoms. The number of methoxy groups -OCH3 is 1. The van der Waals surface area contributed by atoms with Crippen molar-refractivity contribution in [2.75, 3.05) is 12.5 Å². The molecule has 0 aliphatic heterocycles. The fraction of sp³-hybridized carbons (Fsp3) is 0.143. The van der Waals surface area contributed by atoms with E-state index in [0.717, 1.165) is 17.8 Å². The van der Waals surface area contributed by atoms with Crippen molar-refractivity contribution in [1.82, 2.24) is 4.98 Å². The first-order valence-electron chi connectivity index (χ1n) is 5.96. The Morgan fingerprint density at radius 3 is 2.57 bits per heavy atom. The fourth-order valence-corrected chi connectivity index (χ4v) is 1.57. The van der Waals surface area contributed by atoms with Crippen molar-refractivity contribution in [2.24, 2.45) is 5.10 Å². The van der Waals surface area contributed by atoms with Crippen molar-refractivity contribution in [3.63, 3.8) is 0 Å². The van der Waals surface area contributed by atoms with E-state index in [2.05, 4.69) is 15.5 Å². The maximum atomic E-state index is 12.4. The summed E-state index contributed by atoms with van der Waals surface area (Å²) in [6.07, 6.45) is -2.15. The number of benzene rings is 1. The predicted octanol–water partition coefficient (Wildman–Crippen LogP) is 3.56. The van der Waals surface area contributed by atoms with Gasteiger partial charge in [0.25, 0.3) is 0 Å². The Morgan fingerprint density at radius 2 is 1.95 bits per heavy atom. The van der Waals surface area contributed by atoms with E-state index >= 15 is 0 Å². The number of aromatic nitrogens is 1. The van der Waals surface area contributed by atoms with Gasteiger partial charge in [0.2, 0.25) is 0 Å². The summed E-state index contributed by atoms with van der Waals surface area (Å²) in [7, 11) is 1.54. The van der Waals surface area contributed by atoms with E-state index in [-0.39, 0.29) is 5.82 Å². The average molecular weight is 295 g/mol. The van der Waals surface area contributed by atoms with Crippen LogP contribution in [0.3, 0.4) is 0 Å². The number of rotatable bonds is 4. The Kier molecular flexibility index (Phi) is 4.42. The molecule has 0 aliphatic rings. The third kappa shape index (κ3) is 3.95. The molecule has 0 saturated carbocycles. The molecule has 0 spiro atoms. The molecule has 2 aromatic rings. The van der Waals surface area contributed by atoms with Crippen molar-refractivity contribution in [1.29, 1.82) is 0 Å². The van der Waals surface area contributed by atoms with E-state index in [4.69, 9.17) is 4.74 Å². The highest BCUT2D eigenvalue weighted by Gasteiger charge is 2.30. The smallest absolute Gasteiger partial charge is 0.417 e. The van der Waals surface area contributed by atoms with Crippen molar-refractivity contribution in [3.05, 3.63) is 53.7 Å². The van der Waals surface area contributed by atoms with Gasteiger partial charge >= 0.3 is 6.18 Å². The molecule has 0 atom stereocenters. The molecule has 0 aliphatic carbocycles. The lowest BCUT2D eigenvalue weighted by Gasteiger charge is -2.06. The average Bonchev–Trinajstić information content (AvgIpc) is 2.47. The first-order chi connectivity index (χ1) is 10.0. The minimum atomic E-state index is -4.40. The zero-order valence-electron chi connectivity index (χ0n) is 11.1. The van der Waals surface area contributed by atoms with Crippen LogP contribution in [0.2, 0.25) is 0 Å². The third-order valence-electron chi connectivity index (χ3n) is 2.61. The van der Waals surface area contributed by atoms with Crippen LogP contribution in [0.1, 0.15) is 11.1 Å². The second-order valence-corrected chi connectivity index (χ2v) is 4.04. The maximum absolute atomic E-state index is 12.4. The van der Waals surface area contributed by atoms with Crippen LogP contribution in [-0.4, -0.2) is 18.3 Å². The van der Waals surface area contributed by atoms with Gasteiger partial charge < -0.3 is 4.74 Å². The Bertz CT molecular complexity index is 624. The van der Waals surface area contributed by atoms with Crippen molar-refractivity contribution >= 4 is 12.0 Å². The molecule has 0 unspecified atom stereocenters. The zero-order valence-corrected chi connectivity index (χ0v) is 11.1. The summed E-state index contributed by atoms with van der Waals surface area (Å²) in [5.41, 5.74) is 2.49. The van der Waals surface area contributed by atoms with E-state index in [1.807, 2.05) is 12.1 Å². The summed E-state index contributed by atoms with van der Waals surface area (Å²) in [5, 5.41) is 3.91. The first-order valence-corrected chi connectivity index (χ1v) is 5.96. The van der Waals surface area contributed by atoms with E-state index < -0.39 is 11.7 Å². The molecule has 21 heavy (non-hydrogen) atoms. The molecule has 0 saturated heterocycles. The van der Waals surface area contributed by atoms with Gasteiger partial charge in [0.1, 0.15) is 11.6 Å². The Balaban J connectivity index is 2.04. The van der Waals surface area contributed by atoms with E-state index in [9.17, 15) is 13.2 Å². The summed E-state index contributed by atoms with van der Waals surface area (Å²) >= 11 is 0. The summed E-state index contributed by atoms with van der Waals surface area (Å²) in [5.74, 6) is 0.859. The SMILES string of the molecule is COc1ccccc1C=NNc1ccc(C(F)(F)F)cn1. The van der Waals surface area contributed by atoms with Gasteiger partial charge in [-0.3, -0.25) is 5.43 Å².